The van der Waals surface area contributed by atoms with Gasteiger partial charge in [-0.2, -0.15) is 0 Å². The molecule has 0 spiro atoms. The molecule has 0 saturated carbocycles. The molecule has 0 bridgehead atoms. The minimum atomic E-state index is -0.550. The van der Waals surface area contributed by atoms with Crippen LogP contribution in [0.5, 0.6) is 5.75 Å². The summed E-state index contributed by atoms with van der Waals surface area (Å²) < 4.78 is 5.52. The van der Waals surface area contributed by atoms with Gasteiger partial charge in [-0.05, 0) is 26.9 Å². The van der Waals surface area contributed by atoms with Crippen molar-refractivity contribution >= 4 is 0 Å². The van der Waals surface area contributed by atoms with Crippen LogP contribution < -0.4 is 15.6 Å². The summed E-state index contributed by atoms with van der Waals surface area (Å²) >= 11 is 0. The fraction of sp³-hybridized carbons (Fsp3) is 0.636. The van der Waals surface area contributed by atoms with E-state index in [0.717, 1.165) is 13.1 Å². The highest BCUT2D eigenvalue weighted by molar-refractivity contribution is 5.27. The van der Waals surface area contributed by atoms with Crippen molar-refractivity contribution in [1.82, 2.24) is 4.90 Å². The van der Waals surface area contributed by atoms with Crippen LogP contribution in [0.15, 0.2) is 15.7 Å². The molecule has 0 atom stereocenters. The lowest BCUT2D eigenvalue weighted by atomic mass is 10.2. The van der Waals surface area contributed by atoms with E-state index in [-0.39, 0.29) is 5.75 Å². The van der Waals surface area contributed by atoms with Crippen molar-refractivity contribution in [2.75, 3.05) is 13.1 Å². The molecule has 0 heterocycles. The molecule has 0 unspecified atom stereocenters. The van der Waals surface area contributed by atoms with Crippen molar-refractivity contribution in [3.8, 4) is 5.75 Å². The van der Waals surface area contributed by atoms with Gasteiger partial charge in [-0.3, -0.25) is 14.5 Å². The van der Waals surface area contributed by atoms with E-state index in [1.807, 2.05) is 27.7 Å². The predicted molar refractivity (Wildman–Crippen MR) is 59.0 cm³/mol. The van der Waals surface area contributed by atoms with E-state index in [9.17, 15) is 9.59 Å². The third-order valence-electron chi connectivity index (χ3n) is 2.59. The smallest absolute Gasteiger partial charge is 0.267 e. The van der Waals surface area contributed by atoms with Crippen molar-refractivity contribution in [2.45, 2.75) is 33.4 Å². The van der Waals surface area contributed by atoms with Gasteiger partial charge >= 0.3 is 0 Å². The van der Waals surface area contributed by atoms with Crippen molar-refractivity contribution in [3.05, 3.63) is 26.5 Å². The summed E-state index contributed by atoms with van der Waals surface area (Å²) in [5.41, 5.74) is -1.54. The van der Waals surface area contributed by atoms with Gasteiger partial charge < -0.3 is 4.74 Å². The maximum Gasteiger partial charge on any atom is 0.267 e. The summed E-state index contributed by atoms with van der Waals surface area (Å²) in [5, 5.41) is 0. The molecule has 1 aromatic carbocycles. The van der Waals surface area contributed by atoms with Crippen LogP contribution >= 0.6 is 0 Å². The van der Waals surface area contributed by atoms with E-state index >= 15 is 0 Å². The summed E-state index contributed by atoms with van der Waals surface area (Å²) in [7, 11) is 0. The third-order valence-corrected chi connectivity index (χ3v) is 2.59. The number of rotatable bonds is 5. The molecular weight excluding hydrogens is 194 g/mol. The van der Waals surface area contributed by atoms with Gasteiger partial charge in [0.25, 0.3) is 5.43 Å². The Balaban J connectivity index is 2.77. The average molecular weight is 211 g/mol. The Kier molecular flexibility index (Phi) is 3.29. The topological polar surface area (TPSA) is 46.6 Å². The Bertz CT molecular complexity index is 398. The number of nitrogens with zero attached hydrogens (tertiary/aromatic N) is 1. The average Bonchev–Trinajstić information content (AvgIpc) is 2.18. The number of ether oxygens (including phenoxy) is 1. The SMILES string of the molecule is CCN(CC)C(C)(C)Oc1cc(=O)c1=O. The van der Waals surface area contributed by atoms with E-state index in [4.69, 9.17) is 4.74 Å². The maximum absolute atomic E-state index is 11.1. The minimum absolute atomic E-state index is 0.178. The number of hydrogen-bond acceptors (Lipinski definition) is 4. The zero-order valence-electron chi connectivity index (χ0n) is 9.66. The standard InChI is InChI=1S/C11H17NO3/c1-5-12(6-2)11(3,4)15-9-7-8(13)10(9)14/h7H,5-6H2,1-4H3. The van der Waals surface area contributed by atoms with Crippen molar-refractivity contribution in [2.24, 2.45) is 0 Å². The molecule has 0 fully saturated rings. The molecular formula is C11H17NO3. The second-order valence-corrected chi connectivity index (χ2v) is 3.92. The van der Waals surface area contributed by atoms with Crippen molar-refractivity contribution < 1.29 is 4.74 Å². The third kappa shape index (κ3) is 2.26. The first-order chi connectivity index (χ1) is 6.92. The molecule has 1 rings (SSSR count). The van der Waals surface area contributed by atoms with E-state index < -0.39 is 16.6 Å². The van der Waals surface area contributed by atoms with Crippen molar-refractivity contribution in [3.63, 3.8) is 0 Å². The zero-order chi connectivity index (χ0) is 11.6. The van der Waals surface area contributed by atoms with Gasteiger partial charge in [-0.15, -0.1) is 0 Å². The van der Waals surface area contributed by atoms with Gasteiger partial charge in [-0.25, -0.2) is 0 Å². The lowest BCUT2D eigenvalue weighted by Crippen LogP contribution is -2.50. The molecule has 0 radical (unpaired) electrons. The Morgan fingerprint density at radius 2 is 1.80 bits per heavy atom. The van der Waals surface area contributed by atoms with Crippen LogP contribution in [0.25, 0.3) is 0 Å². The lowest BCUT2D eigenvalue weighted by molar-refractivity contribution is -0.0513. The minimum Gasteiger partial charge on any atom is -0.469 e. The first-order valence-electron chi connectivity index (χ1n) is 5.16. The second kappa shape index (κ2) is 4.14. The first kappa shape index (κ1) is 11.9. The fourth-order valence-corrected chi connectivity index (χ4v) is 1.69. The molecule has 4 nitrogen and oxygen atoms in total. The van der Waals surface area contributed by atoms with Gasteiger partial charge in [0.2, 0.25) is 5.43 Å². The Morgan fingerprint density at radius 1 is 1.27 bits per heavy atom. The summed E-state index contributed by atoms with van der Waals surface area (Å²) in [5.74, 6) is 0.178. The van der Waals surface area contributed by atoms with Crippen LogP contribution in [0.1, 0.15) is 27.7 Å². The molecule has 0 amide bonds. The molecule has 0 aromatic heterocycles. The Morgan fingerprint density at radius 3 is 2.13 bits per heavy atom. The maximum atomic E-state index is 11.1. The van der Waals surface area contributed by atoms with Gasteiger partial charge in [0.15, 0.2) is 11.5 Å². The van der Waals surface area contributed by atoms with Crippen LogP contribution in [0.4, 0.5) is 0 Å². The zero-order valence-corrected chi connectivity index (χ0v) is 9.66. The van der Waals surface area contributed by atoms with Crippen LogP contribution in [0.3, 0.4) is 0 Å². The first-order valence-corrected chi connectivity index (χ1v) is 5.16. The lowest BCUT2D eigenvalue weighted by Gasteiger charge is -2.37. The van der Waals surface area contributed by atoms with Gasteiger partial charge in [0, 0.05) is 6.07 Å². The summed E-state index contributed by atoms with van der Waals surface area (Å²) in [4.78, 5) is 23.9. The largest absolute Gasteiger partial charge is 0.469 e. The van der Waals surface area contributed by atoms with Gasteiger partial charge in [0.1, 0.15) is 0 Å². The van der Waals surface area contributed by atoms with Crippen LogP contribution in [0.2, 0.25) is 0 Å². The monoisotopic (exact) mass is 211 g/mol. The second-order valence-electron chi connectivity index (χ2n) is 3.92. The molecule has 0 aliphatic heterocycles. The normalized spacial score (nSPS) is 12.3. The predicted octanol–water partition coefficient (Wildman–Crippen LogP) is 0.739. The number of hydrogen-bond donors (Lipinski definition) is 0. The van der Waals surface area contributed by atoms with Gasteiger partial charge in [-0.1, -0.05) is 13.8 Å². The van der Waals surface area contributed by atoms with E-state index in [0.29, 0.717) is 0 Å². The fourth-order valence-electron chi connectivity index (χ4n) is 1.69. The molecule has 0 saturated heterocycles. The molecule has 0 N–H and O–H groups in total. The van der Waals surface area contributed by atoms with Crippen LogP contribution in [-0.4, -0.2) is 23.7 Å². The summed E-state index contributed by atoms with van der Waals surface area (Å²) in [6.07, 6.45) is 0. The molecule has 0 aliphatic carbocycles. The van der Waals surface area contributed by atoms with Crippen molar-refractivity contribution in [1.29, 1.82) is 0 Å². The summed E-state index contributed by atoms with van der Waals surface area (Å²) in [6.45, 7) is 9.49. The van der Waals surface area contributed by atoms with E-state index in [1.54, 1.807) is 0 Å². The van der Waals surface area contributed by atoms with E-state index in [1.165, 1.54) is 6.07 Å². The Hall–Kier alpha value is -1.16. The van der Waals surface area contributed by atoms with Crippen LogP contribution in [0, 0.1) is 0 Å². The summed E-state index contributed by atoms with van der Waals surface area (Å²) in [6, 6.07) is 1.24. The van der Waals surface area contributed by atoms with E-state index in [2.05, 4.69) is 4.90 Å². The molecule has 84 valence electrons. The highest BCUT2D eigenvalue weighted by Gasteiger charge is 2.28. The molecule has 15 heavy (non-hydrogen) atoms. The van der Waals surface area contributed by atoms with Gasteiger partial charge in [0.05, 0.1) is 0 Å². The highest BCUT2D eigenvalue weighted by Crippen LogP contribution is 2.18. The Labute approximate surface area is 89.2 Å². The molecule has 4 heteroatoms. The van der Waals surface area contributed by atoms with Crippen LogP contribution in [-0.2, 0) is 0 Å². The molecule has 1 aromatic rings. The quantitative estimate of drug-likeness (QED) is 0.532. The highest BCUT2D eigenvalue weighted by atomic mass is 16.5. The molecule has 0 aliphatic rings.